The SMILES string of the molecule is CC(C)NC(N)=NCC1(NC(C)c2ccccc2)CCOCC1.I. The fourth-order valence-corrected chi connectivity index (χ4v) is 2.97. The molecule has 1 aromatic carbocycles. The van der Waals surface area contributed by atoms with Crippen LogP contribution in [-0.4, -0.2) is 37.3 Å². The first kappa shape index (κ1) is 21.2. The lowest BCUT2D eigenvalue weighted by molar-refractivity contribution is 0.0374. The fraction of sp³-hybridized carbons (Fsp3) is 0.611. The lowest BCUT2D eigenvalue weighted by Gasteiger charge is -2.39. The Hall–Kier alpha value is -0.860. The van der Waals surface area contributed by atoms with Crippen LogP contribution in [-0.2, 0) is 4.74 Å². The molecule has 0 radical (unpaired) electrons. The predicted octanol–water partition coefficient (Wildman–Crippen LogP) is 2.82. The van der Waals surface area contributed by atoms with Crippen LogP contribution in [0.4, 0.5) is 0 Å². The van der Waals surface area contributed by atoms with Crippen LogP contribution >= 0.6 is 24.0 Å². The van der Waals surface area contributed by atoms with Crippen LogP contribution in [0.25, 0.3) is 0 Å². The summed E-state index contributed by atoms with van der Waals surface area (Å²) >= 11 is 0. The van der Waals surface area contributed by atoms with Crippen LogP contribution < -0.4 is 16.4 Å². The normalized spacial score (nSPS) is 18.8. The smallest absolute Gasteiger partial charge is 0.188 e. The quantitative estimate of drug-likeness (QED) is 0.357. The highest BCUT2D eigenvalue weighted by atomic mass is 127. The molecule has 1 unspecified atom stereocenters. The molecule has 0 aliphatic carbocycles. The maximum Gasteiger partial charge on any atom is 0.188 e. The van der Waals surface area contributed by atoms with Crippen LogP contribution in [0.1, 0.15) is 45.2 Å². The number of ether oxygens (including phenoxy) is 1. The summed E-state index contributed by atoms with van der Waals surface area (Å²) in [6.45, 7) is 8.51. The third-order valence-electron chi connectivity index (χ3n) is 4.26. The Morgan fingerprint density at radius 2 is 1.83 bits per heavy atom. The first-order valence-electron chi connectivity index (χ1n) is 8.48. The summed E-state index contributed by atoms with van der Waals surface area (Å²) in [5.41, 5.74) is 7.20. The van der Waals surface area contributed by atoms with Gasteiger partial charge >= 0.3 is 0 Å². The van der Waals surface area contributed by atoms with Gasteiger partial charge in [-0.25, -0.2) is 0 Å². The van der Waals surface area contributed by atoms with Crippen molar-refractivity contribution in [3.63, 3.8) is 0 Å². The molecule has 6 heteroatoms. The molecular formula is C18H31IN4O. The van der Waals surface area contributed by atoms with E-state index < -0.39 is 0 Å². The number of benzene rings is 1. The largest absolute Gasteiger partial charge is 0.381 e. The molecule has 0 amide bonds. The number of hydrogen-bond acceptors (Lipinski definition) is 3. The van der Waals surface area contributed by atoms with Gasteiger partial charge in [-0.05, 0) is 39.2 Å². The minimum atomic E-state index is -0.0587. The number of nitrogens with zero attached hydrogens (tertiary/aromatic N) is 1. The number of nitrogens with one attached hydrogen (secondary N) is 2. The van der Waals surface area contributed by atoms with E-state index in [1.807, 2.05) is 6.07 Å². The Balaban J connectivity index is 0.00000288. The number of hydrogen-bond donors (Lipinski definition) is 3. The molecule has 0 aromatic heterocycles. The van der Waals surface area contributed by atoms with Gasteiger partial charge in [0.2, 0.25) is 0 Å². The molecule has 0 saturated carbocycles. The third-order valence-corrected chi connectivity index (χ3v) is 4.26. The number of rotatable bonds is 6. The number of aliphatic imine (C=N–C) groups is 1. The van der Waals surface area contributed by atoms with Crippen molar-refractivity contribution in [3.05, 3.63) is 35.9 Å². The van der Waals surface area contributed by atoms with E-state index in [0.717, 1.165) is 26.1 Å². The summed E-state index contributed by atoms with van der Waals surface area (Å²) < 4.78 is 5.55. The lowest BCUT2D eigenvalue weighted by atomic mass is 9.88. The molecule has 0 bridgehead atoms. The second-order valence-electron chi connectivity index (χ2n) is 6.67. The number of nitrogens with two attached hydrogens (primary N) is 1. The van der Waals surface area contributed by atoms with E-state index in [1.54, 1.807) is 0 Å². The Kier molecular flexibility index (Phi) is 9.01. The summed E-state index contributed by atoms with van der Waals surface area (Å²) in [6, 6.07) is 11.1. The Morgan fingerprint density at radius 1 is 1.21 bits per heavy atom. The maximum absolute atomic E-state index is 5.97. The topological polar surface area (TPSA) is 71.7 Å². The second kappa shape index (κ2) is 10.2. The van der Waals surface area contributed by atoms with E-state index in [2.05, 4.69) is 60.7 Å². The maximum atomic E-state index is 5.97. The molecule has 1 atom stereocenters. The molecule has 1 fully saturated rings. The van der Waals surface area contributed by atoms with E-state index in [-0.39, 0.29) is 35.6 Å². The molecule has 5 nitrogen and oxygen atoms in total. The highest BCUT2D eigenvalue weighted by Crippen LogP contribution is 2.25. The summed E-state index contributed by atoms with van der Waals surface area (Å²) in [4.78, 5) is 4.57. The fourth-order valence-electron chi connectivity index (χ4n) is 2.97. The molecule has 0 spiro atoms. The van der Waals surface area contributed by atoms with E-state index >= 15 is 0 Å². The standard InChI is InChI=1S/C18H30N4O.HI/c1-14(2)21-17(19)20-13-18(9-11-23-12-10-18)22-15(3)16-7-5-4-6-8-16;/h4-8,14-15,22H,9-13H2,1-3H3,(H3,19,20,21);1H. The lowest BCUT2D eigenvalue weighted by Crippen LogP contribution is -2.53. The van der Waals surface area contributed by atoms with Gasteiger partial charge in [-0.15, -0.1) is 24.0 Å². The van der Waals surface area contributed by atoms with E-state index in [9.17, 15) is 0 Å². The second-order valence-corrected chi connectivity index (χ2v) is 6.67. The van der Waals surface area contributed by atoms with Crippen molar-refractivity contribution < 1.29 is 4.74 Å². The van der Waals surface area contributed by atoms with Gasteiger partial charge in [0.15, 0.2) is 5.96 Å². The van der Waals surface area contributed by atoms with Gasteiger partial charge in [0.1, 0.15) is 0 Å². The van der Waals surface area contributed by atoms with Gasteiger partial charge < -0.3 is 21.1 Å². The van der Waals surface area contributed by atoms with Crippen molar-refractivity contribution >= 4 is 29.9 Å². The average Bonchev–Trinajstić information content (AvgIpc) is 2.54. The summed E-state index contributed by atoms with van der Waals surface area (Å²) in [5, 5.41) is 6.94. The Morgan fingerprint density at radius 3 is 2.42 bits per heavy atom. The van der Waals surface area contributed by atoms with Crippen LogP contribution in [0, 0.1) is 0 Å². The molecule has 1 aromatic rings. The molecule has 2 rings (SSSR count). The van der Waals surface area contributed by atoms with Gasteiger partial charge in [0.25, 0.3) is 0 Å². The zero-order chi connectivity index (χ0) is 16.7. The average molecular weight is 446 g/mol. The van der Waals surface area contributed by atoms with E-state index in [4.69, 9.17) is 10.5 Å². The molecule has 4 N–H and O–H groups in total. The highest BCUT2D eigenvalue weighted by Gasteiger charge is 2.33. The van der Waals surface area contributed by atoms with Crippen molar-refractivity contribution in [1.82, 2.24) is 10.6 Å². The summed E-state index contributed by atoms with van der Waals surface area (Å²) in [5.74, 6) is 0.514. The molecule has 24 heavy (non-hydrogen) atoms. The first-order valence-corrected chi connectivity index (χ1v) is 8.48. The van der Waals surface area contributed by atoms with Gasteiger partial charge in [-0.1, -0.05) is 30.3 Å². The number of guanidine groups is 1. The first-order chi connectivity index (χ1) is 11.0. The van der Waals surface area contributed by atoms with E-state index in [0.29, 0.717) is 18.5 Å². The van der Waals surface area contributed by atoms with Crippen molar-refractivity contribution in [2.75, 3.05) is 19.8 Å². The van der Waals surface area contributed by atoms with Crippen LogP contribution in [0.2, 0.25) is 0 Å². The molecule has 136 valence electrons. The molecule has 1 aliphatic heterocycles. The van der Waals surface area contributed by atoms with Crippen LogP contribution in [0.3, 0.4) is 0 Å². The molecule has 1 saturated heterocycles. The Labute approximate surface area is 162 Å². The summed E-state index contributed by atoms with van der Waals surface area (Å²) in [6.07, 6.45) is 1.89. The minimum absolute atomic E-state index is 0. The van der Waals surface area contributed by atoms with Gasteiger partial charge in [0, 0.05) is 30.8 Å². The minimum Gasteiger partial charge on any atom is -0.381 e. The molecule has 1 heterocycles. The highest BCUT2D eigenvalue weighted by molar-refractivity contribution is 14.0. The van der Waals surface area contributed by atoms with Gasteiger partial charge in [-0.2, -0.15) is 0 Å². The predicted molar refractivity (Wildman–Crippen MR) is 111 cm³/mol. The van der Waals surface area contributed by atoms with E-state index in [1.165, 1.54) is 5.56 Å². The van der Waals surface area contributed by atoms with Gasteiger partial charge in [-0.3, -0.25) is 4.99 Å². The van der Waals surface area contributed by atoms with Crippen molar-refractivity contribution in [3.8, 4) is 0 Å². The van der Waals surface area contributed by atoms with Crippen molar-refractivity contribution in [2.24, 2.45) is 10.7 Å². The van der Waals surface area contributed by atoms with Gasteiger partial charge in [0.05, 0.1) is 6.54 Å². The summed E-state index contributed by atoms with van der Waals surface area (Å²) in [7, 11) is 0. The third kappa shape index (κ3) is 6.57. The Bertz CT molecular complexity index is 501. The van der Waals surface area contributed by atoms with Crippen molar-refractivity contribution in [2.45, 2.75) is 51.2 Å². The molecule has 1 aliphatic rings. The molecular weight excluding hydrogens is 415 g/mol. The van der Waals surface area contributed by atoms with Crippen molar-refractivity contribution in [1.29, 1.82) is 0 Å². The van der Waals surface area contributed by atoms with Crippen LogP contribution in [0.15, 0.2) is 35.3 Å². The zero-order valence-corrected chi connectivity index (χ0v) is 17.2. The monoisotopic (exact) mass is 446 g/mol. The zero-order valence-electron chi connectivity index (χ0n) is 14.9. The van der Waals surface area contributed by atoms with Crippen LogP contribution in [0.5, 0.6) is 0 Å². The number of halogens is 1.